The Bertz CT molecular complexity index is 1170. The minimum atomic E-state index is -0.344. The molecule has 0 spiro atoms. The van der Waals surface area contributed by atoms with E-state index in [0.29, 0.717) is 40.3 Å². The standard InChI is InChI=1S/C21H19Cl2N5O2/c1-13-20(14(2)28(26-13)12-16-17(22)5-3-6-18(16)23)25-21(29)19-8-7-15(30-19)11-27-10-4-9-24-27/h3-10H,11-12H2,1-2H3,(H,25,29). The second-order valence-electron chi connectivity index (χ2n) is 6.83. The van der Waals surface area contributed by atoms with Gasteiger partial charge in [0.05, 0.1) is 30.2 Å². The maximum atomic E-state index is 12.7. The topological polar surface area (TPSA) is 77.9 Å². The number of rotatable bonds is 6. The smallest absolute Gasteiger partial charge is 0.291 e. The molecule has 0 aliphatic rings. The van der Waals surface area contributed by atoms with E-state index in [1.165, 1.54) is 0 Å². The number of benzene rings is 1. The predicted octanol–water partition coefficient (Wildman–Crippen LogP) is 4.95. The molecule has 0 saturated carbocycles. The number of carbonyl (C=O) groups is 1. The van der Waals surface area contributed by atoms with Crippen molar-refractivity contribution in [3.05, 3.63) is 87.3 Å². The third-order valence-electron chi connectivity index (χ3n) is 4.75. The zero-order chi connectivity index (χ0) is 21.3. The average Bonchev–Trinajstić information content (AvgIpc) is 3.44. The molecule has 3 aromatic heterocycles. The lowest BCUT2D eigenvalue weighted by molar-refractivity contribution is 0.0994. The van der Waals surface area contributed by atoms with Crippen molar-refractivity contribution in [3.63, 3.8) is 0 Å². The quantitative estimate of drug-likeness (QED) is 0.457. The van der Waals surface area contributed by atoms with Crippen molar-refractivity contribution >= 4 is 34.8 Å². The number of furan rings is 1. The molecule has 4 aromatic rings. The van der Waals surface area contributed by atoms with Crippen molar-refractivity contribution in [1.29, 1.82) is 0 Å². The van der Waals surface area contributed by atoms with Crippen molar-refractivity contribution in [2.75, 3.05) is 5.32 Å². The summed E-state index contributed by atoms with van der Waals surface area (Å²) in [7, 11) is 0. The summed E-state index contributed by atoms with van der Waals surface area (Å²) < 4.78 is 9.16. The molecule has 0 aliphatic carbocycles. The number of hydrogen-bond donors (Lipinski definition) is 1. The van der Waals surface area contributed by atoms with Crippen molar-refractivity contribution < 1.29 is 9.21 Å². The molecular formula is C21H19Cl2N5O2. The highest BCUT2D eigenvalue weighted by Gasteiger charge is 2.19. The fraction of sp³-hybridized carbons (Fsp3) is 0.190. The summed E-state index contributed by atoms with van der Waals surface area (Å²) in [5, 5.41) is 12.7. The van der Waals surface area contributed by atoms with Crippen molar-refractivity contribution in [3.8, 4) is 0 Å². The molecule has 0 fully saturated rings. The minimum Gasteiger partial charge on any atom is -0.454 e. The molecule has 7 nitrogen and oxygen atoms in total. The molecule has 9 heteroatoms. The summed E-state index contributed by atoms with van der Waals surface area (Å²) in [6.45, 7) is 4.56. The number of carbonyl (C=O) groups excluding carboxylic acids is 1. The Kier molecular flexibility index (Phi) is 5.65. The summed E-state index contributed by atoms with van der Waals surface area (Å²) in [6, 6.07) is 10.6. The predicted molar refractivity (Wildman–Crippen MR) is 115 cm³/mol. The molecule has 0 bridgehead atoms. The van der Waals surface area contributed by atoms with Gasteiger partial charge < -0.3 is 9.73 Å². The first-order chi connectivity index (χ1) is 14.4. The van der Waals surface area contributed by atoms with Gasteiger partial charge in [-0.15, -0.1) is 0 Å². The number of aryl methyl sites for hydroxylation is 1. The highest BCUT2D eigenvalue weighted by molar-refractivity contribution is 6.35. The van der Waals surface area contributed by atoms with Gasteiger partial charge in [0, 0.05) is 28.0 Å². The van der Waals surface area contributed by atoms with Gasteiger partial charge in [0.15, 0.2) is 5.76 Å². The van der Waals surface area contributed by atoms with Gasteiger partial charge >= 0.3 is 0 Å². The van der Waals surface area contributed by atoms with E-state index in [4.69, 9.17) is 27.6 Å². The lowest BCUT2D eigenvalue weighted by Gasteiger charge is -2.09. The third kappa shape index (κ3) is 4.13. The van der Waals surface area contributed by atoms with E-state index in [1.54, 1.807) is 45.9 Å². The van der Waals surface area contributed by atoms with Crippen molar-refractivity contribution in [2.45, 2.75) is 26.9 Å². The lowest BCUT2D eigenvalue weighted by atomic mass is 10.2. The van der Waals surface area contributed by atoms with Crippen LogP contribution in [0.25, 0.3) is 0 Å². The fourth-order valence-corrected chi connectivity index (χ4v) is 3.70. The summed E-state index contributed by atoms with van der Waals surface area (Å²) in [6.07, 6.45) is 3.52. The molecule has 154 valence electrons. The molecule has 30 heavy (non-hydrogen) atoms. The van der Waals surface area contributed by atoms with Gasteiger partial charge in [-0.1, -0.05) is 29.3 Å². The van der Waals surface area contributed by atoms with Crippen LogP contribution in [0.5, 0.6) is 0 Å². The summed E-state index contributed by atoms with van der Waals surface area (Å²) >= 11 is 12.6. The number of anilines is 1. The van der Waals surface area contributed by atoms with Crippen LogP contribution >= 0.6 is 23.2 Å². The lowest BCUT2D eigenvalue weighted by Crippen LogP contribution is -2.12. The maximum absolute atomic E-state index is 12.7. The molecule has 0 aliphatic heterocycles. The molecule has 1 aromatic carbocycles. The van der Waals surface area contributed by atoms with Crippen LogP contribution in [-0.2, 0) is 13.1 Å². The van der Waals surface area contributed by atoms with Gasteiger partial charge in [-0.2, -0.15) is 10.2 Å². The van der Waals surface area contributed by atoms with E-state index in [1.807, 2.05) is 26.1 Å². The minimum absolute atomic E-state index is 0.220. The van der Waals surface area contributed by atoms with Crippen LogP contribution in [0.15, 0.2) is 53.2 Å². The molecular weight excluding hydrogens is 425 g/mol. The summed E-state index contributed by atoms with van der Waals surface area (Å²) in [5.41, 5.74) is 2.89. The first-order valence-corrected chi connectivity index (χ1v) is 10.0. The molecule has 1 N–H and O–H groups in total. The van der Waals surface area contributed by atoms with E-state index in [9.17, 15) is 4.79 Å². The van der Waals surface area contributed by atoms with E-state index >= 15 is 0 Å². The van der Waals surface area contributed by atoms with Crippen LogP contribution < -0.4 is 5.32 Å². The van der Waals surface area contributed by atoms with Gasteiger partial charge in [-0.05, 0) is 44.2 Å². The highest BCUT2D eigenvalue weighted by Crippen LogP contribution is 2.27. The Morgan fingerprint density at radius 1 is 1.10 bits per heavy atom. The Hall–Kier alpha value is -3.03. The van der Waals surface area contributed by atoms with Crippen molar-refractivity contribution in [2.24, 2.45) is 0 Å². The van der Waals surface area contributed by atoms with Crippen LogP contribution in [0.2, 0.25) is 10.0 Å². The van der Waals surface area contributed by atoms with Crippen LogP contribution in [0.1, 0.15) is 33.3 Å². The Morgan fingerprint density at radius 2 is 1.87 bits per heavy atom. The largest absolute Gasteiger partial charge is 0.454 e. The molecule has 0 atom stereocenters. The van der Waals surface area contributed by atoms with Crippen LogP contribution in [0.3, 0.4) is 0 Å². The van der Waals surface area contributed by atoms with Crippen LogP contribution in [0.4, 0.5) is 5.69 Å². The van der Waals surface area contributed by atoms with E-state index in [2.05, 4.69) is 15.5 Å². The average molecular weight is 444 g/mol. The third-order valence-corrected chi connectivity index (χ3v) is 5.46. The number of amides is 1. The van der Waals surface area contributed by atoms with Crippen LogP contribution in [-0.4, -0.2) is 25.5 Å². The Morgan fingerprint density at radius 3 is 2.57 bits per heavy atom. The van der Waals surface area contributed by atoms with Gasteiger partial charge in [0.1, 0.15) is 5.76 Å². The van der Waals surface area contributed by atoms with E-state index in [-0.39, 0.29) is 11.7 Å². The SMILES string of the molecule is Cc1nn(Cc2c(Cl)cccc2Cl)c(C)c1NC(=O)c1ccc(Cn2cccn2)o1. The monoisotopic (exact) mass is 443 g/mol. The van der Waals surface area contributed by atoms with Gasteiger partial charge in [-0.25, -0.2) is 0 Å². The number of nitrogens with zero attached hydrogens (tertiary/aromatic N) is 4. The molecule has 3 heterocycles. The molecule has 4 rings (SSSR count). The highest BCUT2D eigenvalue weighted by atomic mass is 35.5. The normalized spacial score (nSPS) is 11.1. The molecule has 0 unspecified atom stereocenters. The summed E-state index contributed by atoms with van der Waals surface area (Å²) in [4.78, 5) is 12.7. The molecule has 0 radical (unpaired) electrons. The Balaban J connectivity index is 1.51. The molecule has 1 amide bonds. The number of hydrogen-bond acceptors (Lipinski definition) is 4. The Labute approximate surface area is 183 Å². The zero-order valence-electron chi connectivity index (χ0n) is 16.4. The fourth-order valence-electron chi connectivity index (χ4n) is 3.18. The van der Waals surface area contributed by atoms with Gasteiger partial charge in [-0.3, -0.25) is 14.2 Å². The first-order valence-electron chi connectivity index (χ1n) is 9.26. The van der Waals surface area contributed by atoms with Crippen LogP contribution in [0, 0.1) is 13.8 Å². The van der Waals surface area contributed by atoms with E-state index in [0.717, 1.165) is 11.3 Å². The number of halogens is 2. The first kappa shape index (κ1) is 20.3. The van der Waals surface area contributed by atoms with Gasteiger partial charge in [0.2, 0.25) is 0 Å². The second kappa shape index (κ2) is 8.38. The maximum Gasteiger partial charge on any atom is 0.291 e. The molecule has 0 saturated heterocycles. The number of aromatic nitrogens is 4. The number of nitrogens with one attached hydrogen (secondary N) is 1. The zero-order valence-corrected chi connectivity index (χ0v) is 17.9. The van der Waals surface area contributed by atoms with Crippen molar-refractivity contribution in [1.82, 2.24) is 19.6 Å². The summed E-state index contributed by atoms with van der Waals surface area (Å²) in [5.74, 6) is 0.516. The second-order valence-corrected chi connectivity index (χ2v) is 7.64. The van der Waals surface area contributed by atoms with E-state index < -0.39 is 0 Å². The van der Waals surface area contributed by atoms with Gasteiger partial charge in [0.25, 0.3) is 5.91 Å².